The van der Waals surface area contributed by atoms with Crippen molar-refractivity contribution >= 4 is 23.7 Å². The molecule has 0 aromatic heterocycles. The van der Waals surface area contributed by atoms with Gasteiger partial charge >= 0.3 is 5.97 Å². The molecule has 1 fully saturated rings. The van der Waals surface area contributed by atoms with Gasteiger partial charge in [-0.2, -0.15) is 0 Å². The third-order valence-corrected chi connectivity index (χ3v) is 5.55. The van der Waals surface area contributed by atoms with Crippen LogP contribution in [0.15, 0.2) is 24.3 Å². The number of hydrogen-bond donors (Lipinski definition) is 6. The molecule has 1 heterocycles. The maximum atomic E-state index is 13.4. The van der Waals surface area contributed by atoms with E-state index in [1.807, 2.05) is 0 Å². The van der Waals surface area contributed by atoms with Crippen LogP contribution in [0.3, 0.4) is 0 Å². The number of carbonyl (C=O) groups excluding carboxylic acids is 3. The quantitative estimate of drug-likeness (QED) is 0.214. The maximum absolute atomic E-state index is 13.4. The second-order valence-electron chi connectivity index (χ2n) is 8.12. The Morgan fingerprint density at radius 1 is 1.15 bits per heavy atom. The molecule has 33 heavy (non-hydrogen) atoms. The van der Waals surface area contributed by atoms with E-state index >= 15 is 0 Å². The molecule has 8 N–H and O–H groups in total. The molecule has 0 radical (unpaired) electrons. The summed E-state index contributed by atoms with van der Waals surface area (Å²) in [4.78, 5) is 50.7. The minimum Gasteiger partial charge on any atom is -0.508 e. The lowest BCUT2D eigenvalue weighted by Crippen LogP contribution is -2.56. The predicted octanol–water partition coefficient (Wildman–Crippen LogP) is -0.932. The fourth-order valence-corrected chi connectivity index (χ4v) is 3.77. The first-order valence-electron chi connectivity index (χ1n) is 11.1. The summed E-state index contributed by atoms with van der Waals surface area (Å²) in [5.74, 6) is -2.58. The van der Waals surface area contributed by atoms with Crippen molar-refractivity contribution in [2.45, 2.75) is 56.7 Å². The molecule has 2 rings (SSSR count). The van der Waals surface area contributed by atoms with E-state index in [0.717, 1.165) is 6.42 Å². The monoisotopic (exact) mass is 463 g/mol. The van der Waals surface area contributed by atoms with E-state index in [9.17, 15) is 24.3 Å². The first-order valence-corrected chi connectivity index (χ1v) is 11.1. The zero-order valence-corrected chi connectivity index (χ0v) is 18.5. The van der Waals surface area contributed by atoms with Gasteiger partial charge < -0.3 is 37.2 Å². The van der Waals surface area contributed by atoms with E-state index < -0.39 is 48.4 Å². The molecule has 0 aliphatic carbocycles. The van der Waals surface area contributed by atoms with Crippen LogP contribution in [0.4, 0.5) is 0 Å². The van der Waals surface area contributed by atoms with E-state index in [1.54, 1.807) is 12.1 Å². The first kappa shape index (κ1) is 26.1. The molecule has 0 bridgehead atoms. The van der Waals surface area contributed by atoms with Crippen molar-refractivity contribution in [1.29, 1.82) is 0 Å². The number of benzene rings is 1. The van der Waals surface area contributed by atoms with Crippen LogP contribution in [-0.4, -0.2) is 76.6 Å². The number of aliphatic carboxylic acids is 1. The van der Waals surface area contributed by atoms with Gasteiger partial charge in [-0.1, -0.05) is 18.6 Å². The van der Waals surface area contributed by atoms with Crippen molar-refractivity contribution in [1.82, 2.24) is 15.5 Å². The fraction of sp³-hybridized carbons (Fsp3) is 0.545. The largest absolute Gasteiger partial charge is 0.508 e. The topological polar surface area (TPSA) is 188 Å². The molecule has 1 aromatic rings. The Labute approximate surface area is 192 Å². The lowest BCUT2D eigenvalue weighted by atomic mass is 10.0. The van der Waals surface area contributed by atoms with Gasteiger partial charge in [0.25, 0.3) is 0 Å². The van der Waals surface area contributed by atoms with E-state index in [2.05, 4.69) is 10.6 Å². The van der Waals surface area contributed by atoms with Gasteiger partial charge in [-0.05, 0) is 49.9 Å². The number of nitrogens with one attached hydrogen (secondary N) is 2. The molecule has 3 unspecified atom stereocenters. The van der Waals surface area contributed by atoms with Gasteiger partial charge in [0, 0.05) is 13.0 Å². The van der Waals surface area contributed by atoms with E-state index in [-0.39, 0.29) is 12.2 Å². The molecule has 0 spiro atoms. The van der Waals surface area contributed by atoms with Gasteiger partial charge in [-0.15, -0.1) is 0 Å². The minimum atomic E-state index is -1.18. The standard InChI is InChI=1S/C22H33N5O6/c23-10-2-1-4-16(24)20(31)26-17(12-14-6-8-15(28)9-7-14)22(33)27-11-3-5-18(27)21(32)25-13-19(29)30/h6-9,16-18,28H,1-5,10-13,23-24H2,(H,25,32)(H,26,31)(H,29,30). The number of rotatable bonds is 12. The number of phenols is 1. The fourth-order valence-electron chi connectivity index (χ4n) is 3.77. The number of carbonyl (C=O) groups is 4. The number of aromatic hydroxyl groups is 1. The molecular formula is C22H33N5O6. The summed E-state index contributed by atoms with van der Waals surface area (Å²) in [6.07, 6.45) is 2.95. The van der Waals surface area contributed by atoms with Gasteiger partial charge in [0.05, 0.1) is 6.04 Å². The van der Waals surface area contributed by atoms with Crippen LogP contribution in [-0.2, 0) is 25.6 Å². The third kappa shape index (κ3) is 8.03. The SMILES string of the molecule is NCCCCC(N)C(=O)NC(Cc1ccc(O)cc1)C(=O)N1CCCC1C(=O)NCC(=O)O. The summed E-state index contributed by atoms with van der Waals surface area (Å²) >= 11 is 0. The Kier molecular flexibility index (Phi) is 10.1. The number of nitrogens with zero attached hydrogens (tertiary/aromatic N) is 1. The lowest BCUT2D eigenvalue weighted by Gasteiger charge is -2.29. The first-order chi connectivity index (χ1) is 15.7. The van der Waals surface area contributed by atoms with Crippen molar-refractivity contribution < 1.29 is 29.4 Å². The number of amides is 3. The minimum absolute atomic E-state index is 0.0716. The Hall–Kier alpha value is -3.18. The summed E-state index contributed by atoms with van der Waals surface area (Å²) in [7, 11) is 0. The molecule has 11 nitrogen and oxygen atoms in total. The van der Waals surface area contributed by atoms with Gasteiger partial charge in [0.2, 0.25) is 17.7 Å². The summed E-state index contributed by atoms with van der Waals surface area (Å²) in [5.41, 5.74) is 12.2. The number of carboxylic acid groups (broad SMARTS) is 1. The van der Waals surface area contributed by atoms with Gasteiger partial charge in [0.1, 0.15) is 24.4 Å². The van der Waals surface area contributed by atoms with Gasteiger partial charge in [-0.3, -0.25) is 19.2 Å². The molecule has 11 heteroatoms. The van der Waals surface area contributed by atoms with Crippen molar-refractivity contribution in [3.63, 3.8) is 0 Å². The Morgan fingerprint density at radius 2 is 1.85 bits per heavy atom. The van der Waals surface area contributed by atoms with Crippen LogP contribution < -0.4 is 22.1 Å². The number of phenolic OH excluding ortho intramolecular Hbond substituents is 1. The molecular weight excluding hydrogens is 430 g/mol. The van der Waals surface area contributed by atoms with E-state index in [1.165, 1.54) is 17.0 Å². The molecule has 1 saturated heterocycles. The normalized spacial score (nSPS) is 17.3. The summed E-state index contributed by atoms with van der Waals surface area (Å²) < 4.78 is 0. The van der Waals surface area contributed by atoms with Crippen LogP contribution in [0.2, 0.25) is 0 Å². The summed E-state index contributed by atoms with van der Waals surface area (Å²) in [5, 5.41) is 23.4. The van der Waals surface area contributed by atoms with Crippen LogP contribution in [0.5, 0.6) is 5.75 Å². The van der Waals surface area contributed by atoms with E-state index in [0.29, 0.717) is 44.3 Å². The van der Waals surface area contributed by atoms with Crippen LogP contribution in [0.25, 0.3) is 0 Å². The maximum Gasteiger partial charge on any atom is 0.322 e. The van der Waals surface area contributed by atoms with Gasteiger partial charge in [-0.25, -0.2) is 0 Å². The Balaban J connectivity index is 2.15. The summed E-state index contributed by atoms with van der Waals surface area (Å²) in [6.45, 7) is 0.272. The second-order valence-corrected chi connectivity index (χ2v) is 8.12. The average molecular weight is 464 g/mol. The number of unbranched alkanes of at least 4 members (excludes halogenated alkanes) is 1. The molecule has 1 aliphatic heterocycles. The van der Waals surface area contributed by atoms with Crippen LogP contribution in [0.1, 0.15) is 37.7 Å². The molecule has 182 valence electrons. The average Bonchev–Trinajstić information content (AvgIpc) is 3.28. The number of hydrogen-bond acceptors (Lipinski definition) is 7. The van der Waals surface area contributed by atoms with E-state index in [4.69, 9.17) is 16.6 Å². The zero-order valence-electron chi connectivity index (χ0n) is 18.5. The highest BCUT2D eigenvalue weighted by molar-refractivity contribution is 5.94. The highest BCUT2D eigenvalue weighted by Gasteiger charge is 2.38. The highest BCUT2D eigenvalue weighted by Crippen LogP contribution is 2.20. The van der Waals surface area contributed by atoms with Crippen LogP contribution >= 0.6 is 0 Å². The third-order valence-electron chi connectivity index (χ3n) is 5.55. The van der Waals surface area contributed by atoms with Crippen LogP contribution in [0, 0.1) is 0 Å². The second kappa shape index (κ2) is 12.8. The predicted molar refractivity (Wildman–Crippen MR) is 120 cm³/mol. The smallest absolute Gasteiger partial charge is 0.322 e. The Bertz CT molecular complexity index is 831. The molecule has 0 saturated carbocycles. The van der Waals surface area contributed by atoms with Crippen molar-refractivity contribution in [2.75, 3.05) is 19.6 Å². The molecule has 1 aliphatic rings. The van der Waals surface area contributed by atoms with Crippen molar-refractivity contribution in [3.8, 4) is 5.75 Å². The molecule has 3 atom stereocenters. The lowest BCUT2D eigenvalue weighted by molar-refractivity contribution is -0.142. The molecule has 3 amide bonds. The Morgan fingerprint density at radius 3 is 2.48 bits per heavy atom. The number of nitrogens with two attached hydrogens (primary N) is 2. The number of likely N-dealkylation sites (tertiary alicyclic amines) is 1. The van der Waals surface area contributed by atoms with Gasteiger partial charge in [0.15, 0.2) is 0 Å². The summed E-state index contributed by atoms with van der Waals surface area (Å²) in [6, 6.07) is 3.66. The van der Waals surface area contributed by atoms with Crippen molar-refractivity contribution in [2.24, 2.45) is 11.5 Å². The zero-order chi connectivity index (χ0) is 24.4. The van der Waals surface area contributed by atoms with Crippen molar-refractivity contribution in [3.05, 3.63) is 29.8 Å². The molecule has 1 aromatic carbocycles. The number of carboxylic acids is 1. The highest BCUT2D eigenvalue weighted by atomic mass is 16.4.